The first-order valence-electron chi connectivity index (χ1n) is 13.7. The minimum Gasteiger partial charge on any atom is -0.381 e. The second-order valence-electron chi connectivity index (χ2n) is 10.9. The highest BCUT2D eigenvalue weighted by Crippen LogP contribution is 2.30. The summed E-state index contributed by atoms with van der Waals surface area (Å²) < 4.78 is 27.6. The zero-order valence-corrected chi connectivity index (χ0v) is 22.6. The third-order valence-corrected chi connectivity index (χ3v) is 8.05. The Kier molecular flexibility index (Phi) is 6.87. The number of carbonyl (C=O) groups excluding carboxylic acids is 1. The minimum atomic E-state index is -0.869. The van der Waals surface area contributed by atoms with Gasteiger partial charge in [-0.15, -0.1) is 0 Å². The van der Waals surface area contributed by atoms with E-state index >= 15 is 0 Å². The van der Waals surface area contributed by atoms with Crippen LogP contribution in [-0.4, -0.2) is 62.9 Å². The SMILES string of the molecule is Cc1c(C[C@H](C)Nc2cc[nH]c(=O)c2-c2nc3cc4c(cc3[nH]2)CN(CCN2CCCC2)C4=O)ccc(F)c1F. The lowest BCUT2D eigenvalue weighted by Gasteiger charge is -2.20. The van der Waals surface area contributed by atoms with E-state index in [4.69, 9.17) is 4.98 Å². The number of nitrogens with one attached hydrogen (secondary N) is 3. The maximum Gasteiger partial charge on any atom is 0.261 e. The second kappa shape index (κ2) is 10.5. The summed E-state index contributed by atoms with van der Waals surface area (Å²) >= 11 is 0. The number of fused-ring (bicyclic) bond motifs is 2. The molecule has 3 N–H and O–H groups in total. The third kappa shape index (κ3) is 4.88. The first kappa shape index (κ1) is 26.2. The molecule has 2 aliphatic heterocycles. The van der Waals surface area contributed by atoms with E-state index in [0.29, 0.717) is 53.2 Å². The normalized spacial score (nSPS) is 16.2. The van der Waals surface area contributed by atoms with E-state index in [1.165, 1.54) is 12.8 Å². The number of pyridine rings is 1. The lowest BCUT2D eigenvalue weighted by Crippen LogP contribution is -2.33. The van der Waals surface area contributed by atoms with Gasteiger partial charge in [-0.1, -0.05) is 6.07 Å². The van der Waals surface area contributed by atoms with Crippen LogP contribution in [-0.2, 0) is 13.0 Å². The van der Waals surface area contributed by atoms with Crippen molar-refractivity contribution in [1.82, 2.24) is 24.8 Å². The van der Waals surface area contributed by atoms with Gasteiger partial charge >= 0.3 is 0 Å². The van der Waals surface area contributed by atoms with Gasteiger partial charge in [0.1, 0.15) is 11.4 Å². The molecule has 208 valence electrons. The van der Waals surface area contributed by atoms with E-state index in [2.05, 4.69) is 20.2 Å². The van der Waals surface area contributed by atoms with Crippen molar-refractivity contribution in [2.45, 2.75) is 45.7 Å². The Morgan fingerprint density at radius 1 is 1.10 bits per heavy atom. The molecular formula is C30H32F2N6O2. The molecule has 1 amide bonds. The molecule has 6 rings (SSSR count). The molecule has 8 nitrogen and oxygen atoms in total. The zero-order chi connectivity index (χ0) is 28.0. The van der Waals surface area contributed by atoms with Gasteiger partial charge in [-0.3, -0.25) is 9.59 Å². The quantitative estimate of drug-likeness (QED) is 0.300. The molecular weight excluding hydrogens is 514 g/mol. The van der Waals surface area contributed by atoms with Crippen molar-refractivity contribution in [2.75, 3.05) is 31.5 Å². The highest BCUT2D eigenvalue weighted by molar-refractivity contribution is 6.02. The molecule has 4 heterocycles. The van der Waals surface area contributed by atoms with E-state index in [1.807, 2.05) is 24.0 Å². The fraction of sp³-hybridized carbons (Fsp3) is 0.367. The van der Waals surface area contributed by atoms with E-state index < -0.39 is 11.6 Å². The van der Waals surface area contributed by atoms with Gasteiger partial charge in [-0.25, -0.2) is 13.8 Å². The molecule has 0 saturated carbocycles. The van der Waals surface area contributed by atoms with Gasteiger partial charge < -0.3 is 25.1 Å². The van der Waals surface area contributed by atoms with Crippen molar-refractivity contribution in [2.24, 2.45) is 0 Å². The van der Waals surface area contributed by atoms with Gasteiger partial charge in [0.05, 0.1) is 16.7 Å². The molecule has 0 spiro atoms. The van der Waals surface area contributed by atoms with Gasteiger partial charge in [-0.2, -0.15) is 0 Å². The molecule has 0 radical (unpaired) electrons. The van der Waals surface area contributed by atoms with Crippen LogP contribution in [0.5, 0.6) is 0 Å². The molecule has 1 fully saturated rings. The molecule has 1 atom stereocenters. The third-order valence-electron chi connectivity index (χ3n) is 8.05. The van der Waals surface area contributed by atoms with Gasteiger partial charge in [-0.05, 0) is 87.2 Å². The van der Waals surface area contributed by atoms with Crippen LogP contribution < -0.4 is 10.9 Å². The van der Waals surface area contributed by atoms with Crippen LogP contribution in [0.15, 0.2) is 41.3 Å². The summed E-state index contributed by atoms with van der Waals surface area (Å²) in [6, 6.07) is 8.03. The summed E-state index contributed by atoms with van der Waals surface area (Å²) in [5.74, 6) is -1.31. The van der Waals surface area contributed by atoms with E-state index in [-0.39, 0.29) is 23.1 Å². The Bertz CT molecular complexity index is 1660. The van der Waals surface area contributed by atoms with Crippen molar-refractivity contribution >= 4 is 22.6 Å². The minimum absolute atomic E-state index is 0.0157. The number of hydrogen-bond donors (Lipinski definition) is 3. The van der Waals surface area contributed by atoms with Crippen molar-refractivity contribution in [3.8, 4) is 11.4 Å². The van der Waals surface area contributed by atoms with Gasteiger partial charge in [0, 0.05) is 37.4 Å². The number of nitrogens with zero attached hydrogens (tertiary/aromatic N) is 3. The van der Waals surface area contributed by atoms with E-state index in [0.717, 1.165) is 36.8 Å². The molecule has 2 aromatic heterocycles. The van der Waals surface area contributed by atoms with Crippen LogP contribution in [0.3, 0.4) is 0 Å². The van der Waals surface area contributed by atoms with Gasteiger partial charge in [0.25, 0.3) is 11.5 Å². The predicted octanol–water partition coefficient (Wildman–Crippen LogP) is 4.60. The van der Waals surface area contributed by atoms with Crippen LogP contribution >= 0.6 is 0 Å². The number of rotatable bonds is 8. The maximum atomic E-state index is 14.1. The van der Waals surface area contributed by atoms with Crippen molar-refractivity contribution < 1.29 is 13.6 Å². The Labute approximate surface area is 230 Å². The van der Waals surface area contributed by atoms with Crippen molar-refractivity contribution in [3.05, 3.63) is 80.8 Å². The summed E-state index contributed by atoms with van der Waals surface area (Å²) in [6.07, 6.45) is 4.43. The average molecular weight is 547 g/mol. The number of anilines is 1. The summed E-state index contributed by atoms with van der Waals surface area (Å²) in [4.78, 5) is 41.1. The second-order valence-corrected chi connectivity index (χ2v) is 10.9. The lowest BCUT2D eigenvalue weighted by atomic mass is 10.0. The van der Waals surface area contributed by atoms with E-state index in [1.54, 1.807) is 25.3 Å². The first-order valence-corrected chi connectivity index (χ1v) is 13.7. The van der Waals surface area contributed by atoms with Gasteiger partial charge in [0.2, 0.25) is 0 Å². The summed E-state index contributed by atoms with van der Waals surface area (Å²) in [7, 11) is 0. The molecule has 1 saturated heterocycles. The molecule has 0 bridgehead atoms. The number of aromatic nitrogens is 3. The van der Waals surface area contributed by atoms with Crippen molar-refractivity contribution in [1.29, 1.82) is 0 Å². The van der Waals surface area contributed by atoms with Crippen LogP contribution in [0, 0.1) is 18.6 Å². The molecule has 4 aromatic rings. The van der Waals surface area contributed by atoms with Crippen LogP contribution in [0.25, 0.3) is 22.4 Å². The summed E-state index contributed by atoms with van der Waals surface area (Å²) in [6.45, 7) is 7.83. The fourth-order valence-electron chi connectivity index (χ4n) is 5.84. The molecule has 10 heteroatoms. The number of imidazole rings is 1. The maximum absolute atomic E-state index is 14.1. The smallest absolute Gasteiger partial charge is 0.261 e. The monoisotopic (exact) mass is 546 g/mol. The largest absolute Gasteiger partial charge is 0.381 e. The van der Waals surface area contributed by atoms with Gasteiger partial charge in [0.15, 0.2) is 11.6 Å². The average Bonchev–Trinajstić information content (AvgIpc) is 3.66. The highest BCUT2D eigenvalue weighted by Gasteiger charge is 2.29. The van der Waals surface area contributed by atoms with Crippen LogP contribution in [0.2, 0.25) is 0 Å². The standard InChI is InChI=1S/C30H32F2N6O2/c1-17(13-19-5-6-22(31)27(32)18(19)2)34-23-7-8-33-29(39)26(23)28-35-24-14-20-16-38(12-11-37-9-3-4-10-37)30(40)21(20)15-25(24)36-28/h5-8,14-15,17H,3-4,9-13,16H2,1-2H3,(H,35,36)(H2,33,34,39)/t17-/m0/s1. The fourth-order valence-corrected chi connectivity index (χ4v) is 5.84. The number of amides is 1. The number of halogens is 2. The summed E-state index contributed by atoms with van der Waals surface area (Å²) in [5.41, 5.74) is 4.51. The number of likely N-dealkylation sites (tertiary alicyclic amines) is 1. The number of benzene rings is 2. The lowest BCUT2D eigenvalue weighted by molar-refractivity contribution is 0.0763. The van der Waals surface area contributed by atoms with Crippen LogP contribution in [0.1, 0.15) is 46.8 Å². The zero-order valence-electron chi connectivity index (χ0n) is 22.6. The Morgan fingerprint density at radius 2 is 1.90 bits per heavy atom. The number of carbonyl (C=O) groups is 1. The molecule has 0 aliphatic carbocycles. The Hall–Kier alpha value is -4.05. The van der Waals surface area contributed by atoms with Crippen LogP contribution in [0.4, 0.5) is 14.5 Å². The molecule has 2 aromatic carbocycles. The molecule has 0 unspecified atom stereocenters. The number of H-pyrrole nitrogens is 2. The first-order chi connectivity index (χ1) is 19.3. The summed E-state index contributed by atoms with van der Waals surface area (Å²) in [5, 5.41) is 3.34. The number of hydrogen-bond acceptors (Lipinski definition) is 5. The topological polar surface area (TPSA) is 97.1 Å². The molecule has 40 heavy (non-hydrogen) atoms. The highest BCUT2D eigenvalue weighted by atomic mass is 19.2. The predicted molar refractivity (Wildman–Crippen MR) is 150 cm³/mol. The number of aromatic amines is 2. The molecule has 2 aliphatic rings. The Morgan fingerprint density at radius 3 is 2.70 bits per heavy atom. The Balaban J connectivity index is 1.23. The van der Waals surface area contributed by atoms with E-state index in [9.17, 15) is 18.4 Å². The van der Waals surface area contributed by atoms with Crippen molar-refractivity contribution in [3.63, 3.8) is 0 Å².